The molecule has 1 aromatic carbocycles. The van der Waals surface area contributed by atoms with Crippen molar-refractivity contribution in [3.8, 4) is 0 Å². The van der Waals surface area contributed by atoms with E-state index in [2.05, 4.69) is 18.7 Å². The van der Waals surface area contributed by atoms with Gasteiger partial charge in [0, 0.05) is 26.2 Å². The van der Waals surface area contributed by atoms with Crippen LogP contribution in [0.5, 0.6) is 0 Å². The fourth-order valence-corrected chi connectivity index (χ4v) is 2.35. The Hall–Kier alpha value is -1.39. The molecule has 112 valence electrons. The predicted octanol–water partition coefficient (Wildman–Crippen LogP) is 2.81. The molecule has 1 atom stereocenters. The normalized spacial score (nSPS) is 12.8. The summed E-state index contributed by atoms with van der Waals surface area (Å²) < 4.78 is 5.16. The van der Waals surface area contributed by atoms with E-state index in [0.717, 1.165) is 18.7 Å². The van der Waals surface area contributed by atoms with E-state index in [1.165, 1.54) is 0 Å². The van der Waals surface area contributed by atoms with Crippen LogP contribution in [0, 0.1) is 5.92 Å². The van der Waals surface area contributed by atoms with Crippen LogP contribution in [0.3, 0.4) is 0 Å². The first-order valence-corrected chi connectivity index (χ1v) is 7.04. The number of hydrogen-bond donors (Lipinski definition) is 1. The summed E-state index contributed by atoms with van der Waals surface area (Å²) in [5, 5.41) is 9.20. The predicted molar refractivity (Wildman–Crippen MR) is 79.7 cm³/mol. The summed E-state index contributed by atoms with van der Waals surface area (Å²) in [5.41, 5.74) is 1.05. The number of hydrogen-bond acceptors (Lipinski definition) is 3. The van der Waals surface area contributed by atoms with E-state index in [1.54, 1.807) is 7.11 Å². The molecule has 4 heteroatoms. The van der Waals surface area contributed by atoms with Crippen LogP contribution in [0.2, 0.25) is 0 Å². The van der Waals surface area contributed by atoms with Crippen molar-refractivity contribution in [3.63, 3.8) is 0 Å². The van der Waals surface area contributed by atoms with Gasteiger partial charge in [0.1, 0.15) is 0 Å². The molecule has 0 spiro atoms. The molecule has 0 aliphatic rings. The molecule has 1 unspecified atom stereocenters. The first-order chi connectivity index (χ1) is 9.54. The van der Waals surface area contributed by atoms with Crippen molar-refractivity contribution in [2.75, 3.05) is 26.8 Å². The number of carboxylic acids is 1. The van der Waals surface area contributed by atoms with E-state index >= 15 is 0 Å². The highest BCUT2D eigenvalue weighted by Crippen LogP contribution is 2.25. The molecule has 0 heterocycles. The van der Waals surface area contributed by atoms with Gasteiger partial charge in [0.05, 0.1) is 13.0 Å². The van der Waals surface area contributed by atoms with Gasteiger partial charge in [-0.2, -0.15) is 0 Å². The first kappa shape index (κ1) is 16.7. The molecule has 0 saturated heterocycles. The van der Waals surface area contributed by atoms with Crippen molar-refractivity contribution >= 4 is 5.97 Å². The van der Waals surface area contributed by atoms with E-state index < -0.39 is 5.97 Å². The number of benzene rings is 1. The average Bonchev–Trinajstić information content (AvgIpc) is 2.41. The van der Waals surface area contributed by atoms with E-state index in [1.807, 2.05) is 30.3 Å². The van der Waals surface area contributed by atoms with Crippen LogP contribution in [0.25, 0.3) is 0 Å². The third kappa shape index (κ3) is 5.72. The molecule has 1 rings (SSSR count). The van der Waals surface area contributed by atoms with Crippen molar-refractivity contribution in [1.82, 2.24) is 4.90 Å². The Balaban J connectivity index is 2.94. The summed E-state index contributed by atoms with van der Waals surface area (Å²) in [7, 11) is 1.67. The van der Waals surface area contributed by atoms with Gasteiger partial charge in [-0.3, -0.25) is 9.69 Å². The minimum absolute atomic E-state index is 0.105. The van der Waals surface area contributed by atoms with Crippen LogP contribution in [0.4, 0.5) is 0 Å². The third-order valence-corrected chi connectivity index (χ3v) is 3.18. The highest BCUT2D eigenvalue weighted by molar-refractivity contribution is 5.67. The fraction of sp³-hybridized carbons (Fsp3) is 0.562. The molecule has 0 amide bonds. The minimum Gasteiger partial charge on any atom is -0.481 e. The molecule has 0 radical (unpaired) electrons. The fourth-order valence-electron chi connectivity index (χ4n) is 2.35. The standard InChI is InChI=1S/C16H25NO3/c1-13(2)12-17(9-10-20-3)15(11-16(18)19)14-7-5-4-6-8-14/h4-8,13,15H,9-12H2,1-3H3,(H,18,19). The third-order valence-electron chi connectivity index (χ3n) is 3.18. The van der Waals surface area contributed by atoms with Gasteiger partial charge < -0.3 is 9.84 Å². The summed E-state index contributed by atoms with van der Waals surface area (Å²) in [6.45, 7) is 6.48. The van der Waals surface area contributed by atoms with E-state index in [0.29, 0.717) is 12.5 Å². The second-order valence-electron chi connectivity index (χ2n) is 5.41. The molecule has 0 saturated carbocycles. The molecule has 1 N–H and O–H groups in total. The van der Waals surface area contributed by atoms with Crippen LogP contribution in [0.15, 0.2) is 30.3 Å². The SMILES string of the molecule is COCCN(CC(C)C)C(CC(=O)O)c1ccccc1. The molecular weight excluding hydrogens is 254 g/mol. The number of ether oxygens (including phenoxy) is 1. The van der Waals surface area contributed by atoms with Gasteiger partial charge in [0.25, 0.3) is 0 Å². The largest absolute Gasteiger partial charge is 0.481 e. The second-order valence-corrected chi connectivity index (χ2v) is 5.41. The van der Waals surface area contributed by atoms with Crippen LogP contribution in [0.1, 0.15) is 31.9 Å². The number of aliphatic carboxylic acids is 1. The van der Waals surface area contributed by atoms with Gasteiger partial charge in [-0.05, 0) is 11.5 Å². The molecule has 0 aliphatic heterocycles. The highest BCUT2D eigenvalue weighted by atomic mass is 16.5. The maximum Gasteiger partial charge on any atom is 0.305 e. The topological polar surface area (TPSA) is 49.8 Å². The number of carboxylic acid groups (broad SMARTS) is 1. The summed E-state index contributed by atoms with van der Waals surface area (Å²) in [6, 6.07) is 9.73. The Bertz CT molecular complexity index is 392. The molecule has 4 nitrogen and oxygen atoms in total. The Labute approximate surface area is 121 Å². The quantitative estimate of drug-likeness (QED) is 0.755. The van der Waals surface area contributed by atoms with E-state index in [9.17, 15) is 9.90 Å². The second kappa shape index (κ2) is 8.72. The molecule has 0 fully saturated rings. The minimum atomic E-state index is -0.773. The zero-order chi connectivity index (χ0) is 15.0. The molecule has 0 bridgehead atoms. The maximum absolute atomic E-state index is 11.2. The summed E-state index contributed by atoms with van der Waals surface area (Å²) in [4.78, 5) is 13.4. The van der Waals surface area contributed by atoms with Crippen molar-refractivity contribution in [1.29, 1.82) is 0 Å². The van der Waals surface area contributed by atoms with Crippen LogP contribution in [-0.2, 0) is 9.53 Å². The zero-order valence-corrected chi connectivity index (χ0v) is 12.6. The van der Waals surface area contributed by atoms with E-state index in [-0.39, 0.29) is 12.5 Å². The van der Waals surface area contributed by atoms with Gasteiger partial charge in [-0.15, -0.1) is 0 Å². The summed E-state index contributed by atoms with van der Waals surface area (Å²) in [5.74, 6) is -0.295. The molecular formula is C16H25NO3. The number of rotatable bonds is 9. The number of carbonyl (C=O) groups is 1. The highest BCUT2D eigenvalue weighted by Gasteiger charge is 2.23. The number of methoxy groups -OCH3 is 1. The zero-order valence-electron chi connectivity index (χ0n) is 12.6. The average molecular weight is 279 g/mol. The van der Waals surface area contributed by atoms with Crippen LogP contribution >= 0.6 is 0 Å². The Morgan fingerprint density at radius 2 is 1.95 bits per heavy atom. The van der Waals surface area contributed by atoms with Crippen LogP contribution in [-0.4, -0.2) is 42.8 Å². The smallest absolute Gasteiger partial charge is 0.305 e. The Morgan fingerprint density at radius 3 is 2.45 bits per heavy atom. The lowest BCUT2D eigenvalue weighted by Gasteiger charge is -2.32. The van der Waals surface area contributed by atoms with Crippen LogP contribution < -0.4 is 0 Å². The lowest BCUT2D eigenvalue weighted by atomic mass is 10.0. The van der Waals surface area contributed by atoms with E-state index in [4.69, 9.17) is 4.74 Å². The van der Waals surface area contributed by atoms with Gasteiger partial charge in [-0.1, -0.05) is 44.2 Å². The summed E-state index contributed by atoms with van der Waals surface area (Å²) in [6.07, 6.45) is 0.112. The summed E-state index contributed by atoms with van der Waals surface area (Å²) >= 11 is 0. The Morgan fingerprint density at radius 1 is 1.30 bits per heavy atom. The molecule has 0 aromatic heterocycles. The maximum atomic E-state index is 11.2. The van der Waals surface area contributed by atoms with Gasteiger partial charge in [0.15, 0.2) is 0 Å². The van der Waals surface area contributed by atoms with Crippen molar-refractivity contribution in [2.24, 2.45) is 5.92 Å². The van der Waals surface area contributed by atoms with Gasteiger partial charge in [-0.25, -0.2) is 0 Å². The molecule has 0 aliphatic carbocycles. The van der Waals surface area contributed by atoms with Crippen molar-refractivity contribution in [2.45, 2.75) is 26.3 Å². The monoisotopic (exact) mass is 279 g/mol. The number of nitrogens with zero attached hydrogens (tertiary/aromatic N) is 1. The van der Waals surface area contributed by atoms with Gasteiger partial charge in [0.2, 0.25) is 0 Å². The Kier molecular flexibility index (Phi) is 7.26. The molecule has 1 aromatic rings. The van der Waals surface area contributed by atoms with Crippen molar-refractivity contribution in [3.05, 3.63) is 35.9 Å². The first-order valence-electron chi connectivity index (χ1n) is 7.04. The molecule has 20 heavy (non-hydrogen) atoms. The lowest BCUT2D eigenvalue weighted by Crippen LogP contribution is -2.36. The van der Waals surface area contributed by atoms with Crippen molar-refractivity contribution < 1.29 is 14.6 Å². The van der Waals surface area contributed by atoms with Gasteiger partial charge >= 0.3 is 5.97 Å². The lowest BCUT2D eigenvalue weighted by molar-refractivity contribution is -0.138.